The molecule has 4 heteroatoms. The van der Waals surface area contributed by atoms with Crippen molar-refractivity contribution < 1.29 is 4.79 Å². The van der Waals surface area contributed by atoms with Gasteiger partial charge in [0.05, 0.1) is 11.6 Å². The molecule has 0 bridgehead atoms. The lowest BCUT2D eigenvalue weighted by Crippen LogP contribution is -2.41. The summed E-state index contributed by atoms with van der Waals surface area (Å²) >= 11 is 0. The highest BCUT2D eigenvalue weighted by molar-refractivity contribution is 5.89. The SMILES string of the molecule is CC1CCC(NC(=O)Nc2cccc(C#N)c2)CC1C. The Bertz CT molecular complexity index is 521. The zero-order valence-corrected chi connectivity index (χ0v) is 12.0. The standard InChI is InChI=1S/C16H21N3O/c1-11-6-7-15(8-12(11)2)19-16(20)18-14-5-3-4-13(9-14)10-17/h3-5,9,11-12,15H,6-8H2,1-2H3,(H2,18,19,20). The number of nitriles is 1. The van der Waals surface area contributed by atoms with E-state index < -0.39 is 0 Å². The average Bonchev–Trinajstić information content (AvgIpc) is 2.43. The Hall–Kier alpha value is -2.02. The lowest BCUT2D eigenvalue weighted by atomic mass is 9.79. The number of hydrogen-bond acceptors (Lipinski definition) is 2. The van der Waals surface area contributed by atoms with Crippen molar-refractivity contribution in [1.82, 2.24) is 5.32 Å². The van der Waals surface area contributed by atoms with Gasteiger partial charge < -0.3 is 10.6 Å². The van der Waals surface area contributed by atoms with E-state index in [1.165, 1.54) is 0 Å². The summed E-state index contributed by atoms with van der Waals surface area (Å²) < 4.78 is 0. The predicted molar refractivity (Wildman–Crippen MR) is 79.3 cm³/mol. The topological polar surface area (TPSA) is 64.9 Å². The molecule has 2 rings (SSSR count). The van der Waals surface area contributed by atoms with Gasteiger partial charge >= 0.3 is 6.03 Å². The van der Waals surface area contributed by atoms with Crippen molar-refractivity contribution in [3.8, 4) is 6.07 Å². The summed E-state index contributed by atoms with van der Waals surface area (Å²) in [7, 11) is 0. The number of amides is 2. The molecule has 1 aliphatic rings. The first kappa shape index (κ1) is 14.4. The van der Waals surface area contributed by atoms with Crippen LogP contribution in [0.5, 0.6) is 0 Å². The van der Waals surface area contributed by atoms with Crippen LogP contribution in [0.25, 0.3) is 0 Å². The van der Waals surface area contributed by atoms with Crippen molar-refractivity contribution in [2.45, 2.75) is 39.2 Å². The van der Waals surface area contributed by atoms with E-state index >= 15 is 0 Å². The maximum absolute atomic E-state index is 12.0. The van der Waals surface area contributed by atoms with E-state index in [4.69, 9.17) is 5.26 Å². The van der Waals surface area contributed by atoms with Crippen LogP contribution >= 0.6 is 0 Å². The molecule has 0 aromatic heterocycles. The van der Waals surface area contributed by atoms with E-state index in [0.29, 0.717) is 17.2 Å². The largest absolute Gasteiger partial charge is 0.335 e. The second-order valence-corrected chi connectivity index (χ2v) is 5.76. The van der Waals surface area contributed by atoms with E-state index in [1.807, 2.05) is 0 Å². The molecule has 0 radical (unpaired) electrons. The number of carbonyl (C=O) groups excluding carboxylic acids is 1. The van der Waals surface area contributed by atoms with Gasteiger partial charge in [0.25, 0.3) is 0 Å². The van der Waals surface area contributed by atoms with Crippen LogP contribution in [0.1, 0.15) is 38.7 Å². The van der Waals surface area contributed by atoms with Gasteiger partial charge in [0.2, 0.25) is 0 Å². The molecule has 1 saturated carbocycles. The summed E-state index contributed by atoms with van der Waals surface area (Å²) in [4.78, 5) is 12.0. The molecule has 4 nitrogen and oxygen atoms in total. The smallest absolute Gasteiger partial charge is 0.319 e. The Labute approximate surface area is 120 Å². The molecule has 20 heavy (non-hydrogen) atoms. The normalized spacial score (nSPS) is 25.6. The maximum Gasteiger partial charge on any atom is 0.319 e. The van der Waals surface area contributed by atoms with Crippen LogP contribution in [0.15, 0.2) is 24.3 Å². The van der Waals surface area contributed by atoms with Crippen molar-refractivity contribution in [1.29, 1.82) is 5.26 Å². The van der Waals surface area contributed by atoms with Crippen LogP contribution in [0.3, 0.4) is 0 Å². The van der Waals surface area contributed by atoms with Crippen molar-refractivity contribution in [3.63, 3.8) is 0 Å². The van der Waals surface area contributed by atoms with Crippen LogP contribution in [-0.2, 0) is 0 Å². The minimum Gasteiger partial charge on any atom is -0.335 e. The quantitative estimate of drug-likeness (QED) is 0.864. The Kier molecular flexibility index (Phi) is 4.62. The van der Waals surface area contributed by atoms with Crippen LogP contribution in [-0.4, -0.2) is 12.1 Å². The molecule has 1 aromatic rings. The number of rotatable bonds is 2. The molecule has 0 heterocycles. The molecular formula is C16H21N3O. The van der Waals surface area contributed by atoms with Gasteiger partial charge in [-0.15, -0.1) is 0 Å². The molecule has 3 unspecified atom stereocenters. The second kappa shape index (κ2) is 6.42. The first-order valence-corrected chi connectivity index (χ1v) is 7.16. The fraction of sp³-hybridized carbons (Fsp3) is 0.500. The first-order chi connectivity index (χ1) is 9.58. The molecule has 106 valence electrons. The van der Waals surface area contributed by atoms with E-state index in [9.17, 15) is 4.79 Å². The van der Waals surface area contributed by atoms with Gasteiger partial charge in [0.1, 0.15) is 0 Å². The Morgan fingerprint density at radius 3 is 2.80 bits per heavy atom. The predicted octanol–water partition coefficient (Wildman–Crippen LogP) is 3.50. The van der Waals surface area contributed by atoms with Crippen LogP contribution in [0, 0.1) is 23.2 Å². The Morgan fingerprint density at radius 2 is 2.10 bits per heavy atom. The van der Waals surface area contributed by atoms with Crippen molar-refractivity contribution in [3.05, 3.63) is 29.8 Å². The summed E-state index contributed by atoms with van der Waals surface area (Å²) in [6.07, 6.45) is 3.24. The van der Waals surface area contributed by atoms with Crippen LogP contribution in [0.4, 0.5) is 10.5 Å². The van der Waals surface area contributed by atoms with Crippen LogP contribution in [0.2, 0.25) is 0 Å². The van der Waals surface area contributed by atoms with Gasteiger partial charge in [-0.1, -0.05) is 19.9 Å². The third-order valence-electron chi connectivity index (χ3n) is 4.18. The van der Waals surface area contributed by atoms with E-state index in [0.717, 1.165) is 25.2 Å². The molecule has 2 N–H and O–H groups in total. The number of anilines is 1. The van der Waals surface area contributed by atoms with Crippen molar-refractivity contribution in [2.24, 2.45) is 11.8 Å². The summed E-state index contributed by atoms with van der Waals surface area (Å²) in [5, 5.41) is 14.6. The molecule has 1 aliphatic carbocycles. The number of urea groups is 1. The lowest BCUT2D eigenvalue weighted by molar-refractivity contribution is 0.215. The fourth-order valence-corrected chi connectivity index (χ4v) is 2.70. The molecule has 1 aromatic carbocycles. The van der Waals surface area contributed by atoms with Gasteiger partial charge in [0.15, 0.2) is 0 Å². The number of carbonyl (C=O) groups is 1. The summed E-state index contributed by atoms with van der Waals surface area (Å²) in [5.74, 6) is 1.39. The van der Waals surface area contributed by atoms with Crippen molar-refractivity contribution in [2.75, 3.05) is 5.32 Å². The van der Waals surface area contributed by atoms with Gasteiger partial charge in [-0.2, -0.15) is 5.26 Å². The minimum atomic E-state index is -0.188. The number of nitrogens with one attached hydrogen (secondary N) is 2. The summed E-state index contributed by atoms with van der Waals surface area (Å²) in [6, 6.07) is 9.06. The Balaban J connectivity index is 1.88. The van der Waals surface area contributed by atoms with Gasteiger partial charge in [0, 0.05) is 11.7 Å². The van der Waals surface area contributed by atoms with E-state index in [2.05, 4.69) is 30.6 Å². The molecule has 0 aliphatic heterocycles. The average molecular weight is 271 g/mol. The summed E-state index contributed by atoms with van der Waals surface area (Å²) in [6.45, 7) is 4.52. The fourth-order valence-electron chi connectivity index (χ4n) is 2.70. The maximum atomic E-state index is 12.0. The van der Waals surface area contributed by atoms with E-state index in [1.54, 1.807) is 24.3 Å². The molecular weight excluding hydrogens is 250 g/mol. The molecule has 1 fully saturated rings. The number of benzene rings is 1. The molecule has 2 amide bonds. The number of hydrogen-bond donors (Lipinski definition) is 2. The second-order valence-electron chi connectivity index (χ2n) is 5.76. The first-order valence-electron chi connectivity index (χ1n) is 7.16. The monoisotopic (exact) mass is 271 g/mol. The van der Waals surface area contributed by atoms with Gasteiger partial charge in [-0.05, 0) is 49.3 Å². The highest BCUT2D eigenvalue weighted by Gasteiger charge is 2.25. The zero-order chi connectivity index (χ0) is 14.5. The van der Waals surface area contributed by atoms with Crippen molar-refractivity contribution >= 4 is 11.7 Å². The minimum absolute atomic E-state index is 0.188. The van der Waals surface area contributed by atoms with E-state index in [-0.39, 0.29) is 12.1 Å². The highest BCUT2D eigenvalue weighted by Crippen LogP contribution is 2.29. The third kappa shape index (κ3) is 3.74. The molecule has 3 atom stereocenters. The lowest BCUT2D eigenvalue weighted by Gasteiger charge is -2.32. The number of nitrogens with zero attached hydrogens (tertiary/aromatic N) is 1. The van der Waals surface area contributed by atoms with Gasteiger partial charge in [-0.3, -0.25) is 0 Å². The Morgan fingerprint density at radius 1 is 1.30 bits per heavy atom. The zero-order valence-electron chi connectivity index (χ0n) is 12.0. The van der Waals surface area contributed by atoms with Gasteiger partial charge in [-0.25, -0.2) is 4.79 Å². The summed E-state index contributed by atoms with van der Waals surface area (Å²) in [5.41, 5.74) is 1.20. The molecule has 0 spiro atoms. The highest BCUT2D eigenvalue weighted by atomic mass is 16.2. The molecule has 0 saturated heterocycles. The van der Waals surface area contributed by atoms with Crippen LogP contribution < -0.4 is 10.6 Å². The third-order valence-corrected chi connectivity index (χ3v) is 4.18.